The zero-order valence-electron chi connectivity index (χ0n) is 36.6. The van der Waals surface area contributed by atoms with Crippen LogP contribution >= 0.6 is 0 Å². The summed E-state index contributed by atoms with van der Waals surface area (Å²) >= 11 is 0. The Labute approximate surface area is 365 Å². The molecule has 0 aromatic heterocycles. The first kappa shape index (κ1) is 43.8. The second-order valence-corrected chi connectivity index (χ2v) is 16.7. The number of methoxy groups -OCH3 is 1. The SMILES string of the molecule is COc1ccc(C(OC[C@H]2O[C@@H](CNC(=O)OC(C)(C)C)[C@H](Oc3ccc(C)cc3)[C@@H](Oc3ccc(C)cc3)[C@@H]2Oc2ccc(C)cc2)(c2ccccc2)c2ccccc2)cc1. The van der Waals surface area contributed by atoms with E-state index < -0.39 is 47.8 Å². The molecule has 0 saturated carbocycles. The van der Waals surface area contributed by atoms with Crippen molar-refractivity contribution < 1.29 is 38.0 Å². The van der Waals surface area contributed by atoms with Gasteiger partial charge in [0.15, 0.2) is 18.3 Å². The standard InChI is InChI=1S/C53H57NO8/c1-36-18-26-43(27-19-36)58-48-46(34-54-51(55)62-52(4,5)6)61-47(49(59-44-28-20-37(2)21-29-44)50(48)60-45-30-22-38(3)23-31-45)35-57-53(39-14-10-8-11-15-39,40-16-12-9-13-17-40)41-24-32-42(56-7)33-25-41/h8-33,46-50H,34-35H2,1-7H3,(H,54,55)/t46-,47+,48-,49+,50+/m0/s1. The average molecular weight is 836 g/mol. The molecule has 6 aromatic rings. The quantitative estimate of drug-likeness (QED) is 0.102. The lowest BCUT2D eigenvalue weighted by Gasteiger charge is -2.47. The molecule has 1 fully saturated rings. The van der Waals surface area contributed by atoms with Crippen LogP contribution in [0.4, 0.5) is 4.79 Å². The highest BCUT2D eigenvalue weighted by Gasteiger charge is 2.52. The first-order valence-corrected chi connectivity index (χ1v) is 21.1. The van der Waals surface area contributed by atoms with E-state index in [1.807, 2.05) is 175 Å². The Balaban J connectivity index is 1.37. The highest BCUT2D eigenvalue weighted by Crippen LogP contribution is 2.42. The minimum absolute atomic E-state index is 0.0281. The molecule has 9 heteroatoms. The van der Waals surface area contributed by atoms with Crippen molar-refractivity contribution in [1.82, 2.24) is 5.32 Å². The van der Waals surface area contributed by atoms with Crippen molar-refractivity contribution in [2.75, 3.05) is 20.3 Å². The van der Waals surface area contributed by atoms with Crippen LogP contribution in [0.15, 0.2) is 158 Å². The first-order chi connectivity index (χ1) is 29.9. The zero-order chi connectivity index (χ0) is 43.7. The third-order valence-electron chi connectivity index (χ3n) is 10.8. The predicted molar refractivity (Wildman–Crippen MR) is 241 cm³/mol. The van der Waals surface area contributed by atoms with Crippen molar-refractivity contribution in [3.8, 4) is 23.0 Å². The van der Waals surface area contributed by atoms with Gasteiger partial charge >= 0.3 is 6.09 Å². The number of hydrogen-bond acceptors (Lipinski definition) is 8. The van der Waals surface area contributed by atoms with E-state index in [4.69, 9.17) is 33.2 Å². The molecule has 9 nitrogen and oxygen atoms in total. The summed E-state index contributed by atoms with van der Waals surface area (Å²) in [5.41, 5.74) is 4.16. The number of nitrogens with one attached hydrogen (secondary N) is 1. The van der Waals surface area contributed by atoms with E-state index in [0.717, 1.165) is 39.1 Å². The van der Waals surface area contributed by atoms with Crippen LogP contribution in [0.3, 0.4) is 0 Å². The molecule has 1 amide bonds. The lowest BCUT2D eigenvalue weighted by Crippen LogP contribution is -2.66. The van der Waals surface area contributed by atoms with Crippen molar-refractivity contribution in [2.24, 2.45) is 0 Å². The summed E-state index contributed by atoms with van der Waals surface area (Å²) < 4.78 is 46.9. The molecule has 5 atom stereocenters. The summed E-state index contributed by atoms with van der Waals surface area (Å²) in [5.74, 6) is 2.58. The normalized spacial score (nSPS) is 18.9. The van der Waals surface area contributed by atoms with Crippen LogP contribution in [0.25, 0.3) is 0 Å². The number of ether oxygens (including phenoxy) is 7. The number of alkyl carbamates (subject to hydrolysis) is 1. The highest BCUT2D eigenvalue weighted by molar-refractivity contribution is 5.67. The maximum Gasteiger partial charge on any atom is 0.407 e. The number of hydrogen-bond donors (Lipinski definition) is 1. The van der Waals surface area contributed by atoms with Crippen molar-refractivity contribution in [1.29, 1.82) is 0 Å². The Bertz CT molecular complexity index is 2270. The summed E-state index contributed by atoms with van der Waals surface area (Å²) in [6.45, 7) is 11.6. The minimum Gasteiger partial charge on any atom is -0.497 e. The predicted octanol–water partition coefficient (Wildman–Crippen LogP) is 10.6. The van der Waals surface area contributed by atoms with Crippen LogP contribution in [0.2, 0.25) is 0 Å². The van der Waals surface area contributed by atoms with E-state index >= 15 is 0 Å². The van der Waals surface area contributed by atoms with Crippen molar-refractivity contribution in [3.05, 3.63) is 191 Å². The number of carbonyl (C=O) groups is 1. The van der Waals surface area contributed by atoms with Gasteiger partial charge in [-0.15, -0.1) is 0 Å². The van der Waals surface area contributed by atoms with Gasteiger partial charge in [-0.05, 0) is 107 Å². The van der Waals surface area contributed by atoms with Crippen molar-refractivity contribution in [2.45, 2.75) is 83.3 Å². The molecular formula is C53H57NO8. The molecule has 0 bridgehead atoms. The molecule has 1 aliphatic rings. The molecular weight excluding hydrogens is 779 g/mol. The van der Waals surface area contributed by atoms with Gasteiger partial charge in [0.05, 0.1) is 20.3 Å². The van der Waals surface area contributed by atoms with Crippen LogP contribution in [-0.4, -0.2) is 62.5 Å². The van der Waals surface area contributed by atoms with Crippen LogP contribution in [0.5, 0.6) is 23.0 Å². The molecule has 322 valence electrons. The van der Waals surface area contributed by atoms with Crippen LogP contribution < -0.4 is 24.3 Å². The molecule has 7 rings (SSSR count). The molecule has 0 aliphatic carbocycles. The van der Waals surface area contributed by atoms with Gasteiger partial charge in [-0.2, -0.15) is 0 Å². The molecule has 6 aromatic carbocycles. The summed E-state index contributed by atoms with van der Waals surface area (Å²) in [7, 11) is 1.65. The van der Waals surface area contributed by atoms with E-state index in [-0.39, 0.29) is 13.2 Å². The number of amides is 1. The summed E-state index contributed by atoms with van der Waals surface area (Å²) in [6.07, 6.45) is -4.52. The third-order valence-corrected chi connectivity index (χ3v) is 10.8. The summed E-state index contributed by atoms with van der Waals surface area (Å²) in [5, 5.41) is 2.96. The molecule has 1 saturated heterocycles. The smallest absolute Gasteiger partial charge is 0.407 e. The first-order valence-electron chi connectivity index (χ1n) is 21.1. The maximum atomic E-state index is 13.3. The monoisotopic (exact) mass is 835 g/mol. The van der Waals surface area contributed by atoms with Gasteiger partial charge in [-0.25, -0.2) is 4.79 Å². The second-order valence-electron chi connectivity index (χ2n) is 16.7. The third kappa shape index (κ3) is 10.8. The van der Waals surface area contributed by atoms with E-state index in [1.54, 1.807) is 7.11 Å². The largest absolute Gasteiger partial charge is 0.497 e. The molecule has 62 heavy (non-hydrogen) atoms. The van der Waals surface area contributed by atoms with Crippen LogP contribution in [-0.2, 0) is 19.8 Å². The molecule has 0 radical (unpaired) electrons. The molecule has 1 aliphatic heterocycles. The Morgan fingerprint density at radius 3 is 1.37 bits per heavy atom. The van der Waals surface area contributed by atoms with E-state index in [1.165, 1.54) is 0 Å². The van der Waals surface area contributed by atoms with E-state index in [0.29, 0.717) is 17.2 Å². The van der Waals surface area contributed by atoms with Crippen LogP contribution in [0, 0.1) is 20.8 Å². The summed E-state index contributed by atoms with van der Waals surface area (Å²) in [6, 6.07) is 51.9. The van der Waals surface area contributed by atoms with Crippen LogP contribution in [0.1, 0.15) is 54.2 Å². The van der Waals surface area contributed by atoms with Crippen molar-refractivity contribution in [3.63, 3.8) is 0 Å². The fourth-order valence-electron chi connectivity index (χ4n) is 7.66. The lowest BCUT2D eigenvalue weighted by molar-refractivity contribution is -0.218. The lowest BCUT2D eigenvalue weighted by atomic mass is 9.80. The fraction of sp³-hybridized carbons (Fsp3) is 0.302. The molecule has 0 unspecified atom stereocenters. The molecule has 1 heterocycles. The van der Waals surface area contributed by atoms with Gasteiger partial charge < -0.3 is 38.5 Å². The summed E-state index contributed by atoms with van der Waals surface area (Å²) in [4.78, 5) is 13.3. The highest BCUT2D eigenvalue weighted by atomic mass is 16.6. The van der Waals surface area contributed by atoms with Gasteiger partial charge in [-0.3, -0.25) is 0 Å². The zero-order valence-corrected chi connectivity index (χ0v) is 36.6. The maximum absolute atomic E-state index is 13.3. The average Bonchev–Trinajstić information content (AvgIpc) is 3.27. The van der Waals surface area contributed by atoms with Gasteiger partial charge in [0.25, 0.3) is 0 Å². The van der Waals surface area contributed by atoms with Crippen molar-refractivity contribution >= 4 is 6.09 Å². The van der Waals surface area contributed by atoms with E-state index in [9.17, 15) is 4.79 Å². The number of aryl methyl sites for hydroxylation is 3. The van der Waals surface area contributed by atoms with Gasteiger partial charge in [-0.1, -0.05) is 126 Å². The van der Waals surface area contributed by atoms with Gasteiger partial charge in [0.1, 0.15) is 46.4 Å². The number of rotatable bonds is 15. The topological polar surface area (TPSA) is 93.7 Å². The minimum atomic E-state index is -1.11. The molecule has 0 spiro atoms. The Hall–Kier alpha value is -6.29. The van der Waals surface area contributed by atoms with Gasteiger partial charge in [0, 0.05) is 0 Å². The second kappa shape index (κ2) is 19.6. The van der Waals surface area contributed by atoms with Gasteiger partial charge in [0.2, 0.25) is 0 Å². The Kier molecular flexibility index (Phi) is 13.9. The Morgan fingerprint density at radius 2 is 0.935 bits per heavy atom. The van der Waals surface area contributed by atoms with E-state index in [2.05, 4.69) is 29.6 Å². The number of benzene rings is 6. The number of carbonyl (C=O) groups excluding carboxylic acids is 1. The Morgan fingerprint density at radius 1 is 0.532 bits per heavy atom. The molecule has 1 N–H and O–H groups in total. The fourth-order valence-corrected chi connectivity index (χ4v) is 7.66.